The number of benzene rings is 2. The lowest BCUT2D eigenvalue weighted by atomic mass is 10.1. The van der Waals surface area contributed by atoms with Crippen LogP contribution in [0.5, 0.6) is 0 Å². The maximum absolute atomic E-state index is 11.7. The quantitative estimate of drug-likeness (QED) is 0.365. The molecule has 0 heterocycles. The van der Waals surface area contributed by atoms with Crippen LogP contribution >= 0.6 is 11.8 Å². The monoisotopic (exact) mass is 303 g/mol. The number of thioether (sulfide) groups is 1. The van der Waals surface area contributed by atoms with Gasteiger partial charge >= 0.3 is 5.97 Å². The minimum Gasteiger partial charge on any atom is -0.465 e. The zero-order chi connectivity index (χ0) is 15.2. The minimum absolute atomic E-state index is 0.0642. The minimum atomic E-state index is -0.430. The molecule has 2 aromatic rings. The van der Waals surface area contributed by atoms with Crippen LogP contribution in [0.1, 0.15) is 15.9 Å². The van der Waals surface area contributed by atoms with Crippen molar-refractivity contribution in [1.29, 1.82) is 0 Å². The Morgan fingerprint density at radius 3 is 2.48 bits per heavy atom. The summed E-state index contributed by atoms with van der Waals surface area (Å²) in [6.07, 6.45) is 0. The molecular formula is C15H13NO4S. The van der Waals surface area contributed by atoms with Gasteiger partial charge in [-0.2, -0.15) is 0 Å². The van der Waals surface area contributed by atoms with Gasteiger partial charge in [0.25, 0.3) is 5.69 Å². The maximum Gasteiger partial charge on any atom is 0.338 e. The summed E-state index contributed by atoms with van der Waals surface area (Å²) in [6.45, 7) is 0. The predicted molar refractivity (Wildman–Crippen MR) is 80.4 cm³/mol. The Morgan fingerprint density at radius 2 is 1.86 bits per heavy atom. The van der Waals surface area contributed by atoms with E-state index < -0.39 is 4.92 Å². The van der Waals surface area contributed by atoms with Crippen LogP contribution in [-0.4, -0.2) is 18.0 Å². The molecule has 0 bridgehead atoms. The van der Waals surface area contributed by atoms with Crippen molar-refractivity contribution in [2.24, 2.45) is 0 Å². The number of hydrogen-bond donors (Lipinski definition) is 0. The van der Waals surface area contributed by atoms with Gasteiger partial charge in [0, 0.05) is 22.8 Å². The molecule has 0 spiro atoms. The zero-order valence-corrected chi connectivity index (χ0v) is 12.1. The topological polar surface area (TPSA) is 69.4 Å². The number of non-ortho nitro benzene ring substituents is 1. The van der Waals surface area contributed by atoms with Crippen LogP contribution in [0.4, 0.5) is 5.69 Å². The number of hydrogen-bond acceptors (Lipinski definition) is 5. The number of nitrogens with zero attached hydrogens (tertiary/aromatic N) is 1. The summed E-state index contributed by atoms with van der Waals surface area (Å²) < 4.78 is 4.75. The van der Waals surface area contributed by atoms with E-state index >= 15 is 0 Å². The van der Waals surface area contributed by atoms with Crippen LogP contribution in [0.25, 0.3) is 0 Å². The first-order valence-corrected chi connectivity index (χ1v) is 7.14. The summed E-state index contributed by atoms with van der Waals surface area (Å²) in [6, 6.07) is 13.6. The lowest BCUT2D eigenvalue weighted by Gasteiger charge is -2.07. The average Bonchev–Trinajstić information content (AvgIpc) is 2.52. The van der Waals surface area contributed by atoms with Gasteiger partial charge in [-0.15, -0.1) is 11.8 Å². The summed E-state index contributed by atoms with van der Waals surface area (Å²) in [5, 5.41) is 10.6. The second-order valence-electron chi connectivity index (χ2n) is 4.19. The van der Waals surface area contributed by atoms with Gasteiger partial charge in [0.1, 0.15) is 0 Å². The molecule has 0 aliphatic heterocycles. The molecule has 2 rings (SSSR count). The third-order valence-corrected chi connectivity index (χ3v) is 3.93. The second-order valence-corrected chi connectivity index (χ2v) is 5.24. The number of esters is 1. The van der Waals surface area contributed by atoms with Crippen molar-refractivity contribution < 1.29 is 14.5 Å². The lowest BCUT2D eigenvalue weighted by Crippen LogP contribution is -2.04. The van der Waals surface area contributed by atoms with E-state index in [2.05, 4.69) is 0 Å². The molecule has 0 amide bonds. The van der Waals surface area contributed by atoms with Gasteiger partial charge in [0.05, 0.1) is 17.6 Å². The summed E-state index contributed by atoms with van der Waals surface area (Å²) >= 11 is 1.51. The molecule has 6 heteroatoms. The first-order valence-electron chi connectivity index (χ1n) is 6.15. The van der Waals surface area contributed by atoms with Crippen molar-refractivity contribution in [3.63, 3.8) is 0 Å². The average molecular weight is 303 g/mol. The predicted octanol–water partition coefficient (Wildman–Crippen LogP) is 3.67. The molecule has 5 nitrogen and oxygen atoms in total. The summed E-state index contributed by atoms with van der Waals surface area (Å²) in [5.74, 6) is 0.221. The molecule has 0 saturated carbocycles. The van der Waals surface area contributed by atoms with E-state index in [1.165, 1.54) is 31.0 Å². The molecule has 0 radical (unpaired) electrons. The van der Waals surface area contributed by atoms with E-state index in [0.717, 1.165) is 10.5 Å². The number of carbonyl (C=O) groups excluding carboxylic acids is 1. The number of nitro groups is 1. The fourth-order valence-corrected chi connectivity index (χ4v) is 2.68. The standard InChI is InChI=1S/C15H13NO4S/c1-20-15(17)14-5-3-2-4-11(14)10-21-13-8-6-12(7-9-13)16(18)19/h2-9H,10H2,1H3. The molecule has 0 aliphatic rings. The van der Waals surface area contributed by atoms with Gasteiger partial charge in [-0.1, -0.05) is 18.2 Å². The van der Waals surface area contributed by atoms with E-state index in [1.807, 2.05) is 12.1 Å². The Kier molecular flexibility index (Phi) is 4.94. The van der Waals surface area contributed by atoms with E-state index in [-0.39, 0.29) is 11.7 Å². The smallest absolute Gasteiger partial charge is 0.338 e. The second kappa shape index (κ2) is 6.90. The summed E-state index contributed by atoms with van der Waals surface area (Å²) in [4.78, 5) is 22.7. The van der Waals surface area contributed by atoms with Gasteiger partial charge < -0.3 is 4.74 Å². The third-order valence-electron chi connectivity index (χ3n) is 2.86. The van der Waals surface area contributed by atoms with Crippen LogP contribution in [0.2, 0.25) is 0 Å². The highest BCUT2D eigenvalue weighted by atomic mass is 32.2. The Bertz CT molecular complexity index is 655. The third kappa shape index (κ3) is 3.82. The van der Waals surface area contributed by atoms with Crippen molar-refractivity contribution in [2.75, 3.05) is 7.11 Å². The van der Waals surface area contributed by atoms with Gasteiger partial charge in [0.15, 0.2) is 0 Å². The first kappa shape index (κ1) is 15.1. The van der Waals surface area contributed by atoms with Crippen molar-refractivity contribution >= 4 is 23.4 Å². The number of ether oxygens (including phenoxy) is 1. The SMILES string of the molecule is COC(=O)c1ccccc1CSc1ccc([N+](=O)[O-])cc1. The normalized spacial score (nSPS) is 10.1. The number of nitro benzene ring substituents is 1. The molecule has 108 valence electrons. The molecule has 0 N–H and O–H groups in total. The Hall–Kier alpha value is -2.34. The van der Waals surface area contributed by atoms with Gasteiger partial charge in [-0.3, -0.25) is 10.1 Å². The van der Waals surface area contributed by atoms with E-state index in [0.29, 0.717) is 11.3 Å². The van der Waals surface area contributed by atoms with Crippen LogP contribution in [0.3, 0.4) is 0 Å². The van der Waals surface area contributed by atoms with Crippen LogP contribution < -0.4 is 0 Å². The fraction of sp³-hybridized carbons (Fsp3) is 0.133. The molecule has 0 unspecified atom stereocenters. The van der Waals surface area contributed by atoms with Crippen LogP contribution in [0, 0.1) is 10.1 Å². The van der Waals surface area contributed by atoms with Crippen LogP contribution in [0.15, 0.2) is 53.4 Å². The number of rotatable bonds is 5. The molecule has 0 atom stereocenters. The van der Waals surface area contributed by atoms with E-state index in [9.17, 15) is 14.9 Å². The molecular weight excluding hydrogens is 290 g/mol. The van der Waals surface area contributed by atoms with E-state index in [1.54, 1.807) is 24.3 Å². The van der Waals surface area contributed by atoms with Crippen molar-refractivity contribution in [2.45, 2.75) is 10.6 Å². The summed E-state index contributed by atoms with van der Waals surface area (Å²) in [5.41, 5.74) is 1.47. The largest absolute Gasteiger partial charge is 0.465 e. The highest BCUT2D eigenvalue weighted by Crippen LogP contribution is 2.26. The van der Waals surface area contributed by atoms with Crippen molar-refractivity contribution in [1.82, 2.24) is 0 Å². The van der Waals surface area contributed by atoms with E-state index in [4.69, 9.17) is 4.74 Å². The van der Waals surface area contributed by atoms with Gasteiger partial charge in [-0.05, 0) is 23.8 Å². The Morgan fingerprint density at radius 1 is 1.19 bits per heavy atom. The highest BCUT2D eigenvalue weighted by molar-refractivity contribution is 7.98. The molecule has 0 aliphatic carbocycles. The fourth-order valence-electron chi connectivity index (χ4n) is 1.78. The van der Waals surface area contributed by atoms with Crippen LogP contribution in [-0.2, 0) is 10.5 Å². The Balaban J connectivity index is 2.09. The molecule has 0 fully saturated rings. The summed E-state index contributed by atoms with van der Waals surface area (Å²) in [7, 11) is 1.35. The number of carbonyl (C=O) groups is 1. The van der Waals surface area contributed by atoms with Crippen molar-refractivity contribution in [3.8, 4) is 0 Å². The zero-order valence-electron chi connectivity index (χ0n) is 11.3. The highest BCUT2D eigenvalue weighted by Gasteiger charge is 2.11. The first-order chi connectivity index (χ1) is 10.1. The molecule has 0 saturated heterocycles. The van der Waals surface area contributed by atoms with Gasteiger partial charge in [0.2, 0.25) is 0 Å². The lowest BCUT2D eigenvalue weighted by molar-refractivity contribution is -0.384. The molecule has 2 aromatic carbocycles. The van der Waals surface area contributed by atoms with Gasteiger partial charge in [-0.25, -0.2) is 4.79 Å². The molecule has 0 aromatic heterocycles. The number of methoxy groups -OCH3 is 1. The Labute approximate surface area is 126 Å². The maximum atomic E-state index is 11.7. The molecule has 21 heavy (non-hydrogen) atoms. The van der Waals surface area contributed by atoms with Crippen molar-refractivity contribution in [3.05, 3.63) is 69.8 Å².